The molecule has 488 valence electrons. The third-order valence-corrected chi connectivity index (χ3v) is 17.2. The molecular formula is C86H88Br2N6O2. The quantitative estimate of drug-likeness (QED) is 0.0462. The van der Waals surface area contributed by atoms with Crippen LogP contribution >= 0.6 is 31.9 Å². The Bertz CT molecular complexity index is 4120. The van der Waals surface area contributed by atoms with Crippen LogP contribution in [0.4, 0.5) is 11.4 Å². The van der Waals surface area contributed by atoms with E-state index in [1.54, 1.807) is 6.92 Å². The van der Waals surface area contributed by atoms with Crippen molar-refractivity contribution in [1.29, 1.82) is 0 Å². The van der Waals surface area contributed by atoms with Crippen LogP contribution in [0.15, 0.2) is 315 Å². The number of carbonyl (C=O) groups excluding carboxylic acids is 1. The lowest BCUT2D eigenvalue weighted by Crippen LogP contribution is -2.07. The smallest absolute Gasteiger partial charge is 0.129 e. The molecule has 0 aromatic heterocycles. The summed E-state index contributed by atoms with van der Waals surface area (Å²) in [5, 5.41) is 25.2. The maximum absolute atomic E-state index is 9.81. The van der Waals surface area contributed by atoms with Crippen molar-refractivity contribution in [2.75, 3.05) is 18.0 Å². The Kier molecular flexibility index (Phi) is 29.5. The molecule has 0 radical (unpaired) electrons. The van der Waals surface area contributed by atoms with Gasteiger partial charge in [-0.3, -0.25) is 10.9 Å². The summed E-state index contributed by atoms with van der Waals surface area (Å²) >= 11 is 7.02. The zero-order valence-electron chi connectivity index (χ0n) is 56.7. The molecule has 96 heavy (non-hydrogen) atoms. The van der Waals surface area contributed by atoms with Crippen LogP contribution in [0, 0.1) is 6.92 Å². The molecule has 12 aromatic rings. The number of nitrogens with one attached hydrogen (secondary N) is 2. The van der Waals surface area contributed by atoms with Gasteiger partial charge in [0.05, 0.1) is 28.5 Å². The topological polar surface area (TPSA) is 124 Å². The summed E-state index contributed by atoms with van der Waals surface area (Å²) in [6, 6.07) is 99.2. The molecule has 0 saturated carbocycles. The fraction of sp³-hybridized carbons (Fsp3) is 0.163. The number of Topliss-reactive ketones (excluding diaryl/α,β-unsaturated/α-hetero) is 1. The molecule has 0 atom stereocenters. The van der Waals surface area contributed by atoms with E-state index in [-0.39, 0.29) is 5.78 Å². The zero-order valence-corrected chi connectivity index (χ0v) is 59.9. The number of aliphatic hydroxyl groups excluding tert-OH is 1. The molecule has 0 heterocycles. The molecule has 10 heteroatoms. The first kappa shape index (κ1) is 73.6. The summed E-state index contributed by atoms with van der Waals surface area (Å²) in [5.41, 5.74) is 26.0. The van der Waals surface area contributed by atoms with Gasteiger partial charge in [-0.25, -0.2) is 0 Å². The van der Waals surface area contributed by atoms with Crippen molar-refractivity contribution in [3.8, 4) is 11.1 Å². The number of benzene rings is 12. The van der Waals surface area contributed by atoms with Gasteiger partial charge in [0.2, 0.25) is 0 Å². The van der Waals surface area contributed by atoms with Gasteiger partial charge in [-0.15, -0.1) is 0 Å². The van der Waals surface area contributed by atoms with Crippen molar-refractivity contribution in [2.24, 2.45) is 21.1 Å². The van der Waals surface area contributed by atoms with Crippen molar-refractivity contribution in [3.63, 3.8) is 0 Å². The van der Waals surface area contributed by atoms with Crippen molar-refractivity contribution >= 4 is 87.7 Å². The fourth-order valence-corrected chi connectivity index (χ4v) is 11.6. The number of fused-ring (bicyclic) bond motifs is 2. The molecule has 0 spiro atoms. The first-order chi connectivity index (χ1) is 46.7. The van der Waals surface area contributed by atoms with Gasteiger partial charge in [0.25, 0.3) is 0 Å². The number of hydrogen-bond donors (Lipinski definition) is 4. The fourth-order valence-electron chi connectivity index (χ4n) is 10.6. The van der Waals surface area contributed by atoms with E-state index in [9.17, 15) is 4.79 Å². The minimum atomic E-state index is 0.255. The summed E-state index contributed by atoms with van der Waals surface area (Å²) in [5.74, 6) is 7.32. The van der Waals surface area contributed by atoms with E-state index in [0.29, 0.717) is 24.2 Å². The lowest BCUT2D eigenvalue weighted by atomic mass is 9.81. The van der Waals surface area contributed by atoms with E-state index < -0.39 is 0 Å². The third-order valence-electron chi connectivity index (χ3n) is 15.8. The van der Waals surface area contributed by atoms with Gasteiger partial charge in [0.15, 0.2) is 0 Å². The van der Waals surface area contributed by atoms with Crippen LogP contribution in [0.2, 0.25) is 0 Å². The third kappa shape index (κ3) is 20.8. The average Bonchev–Trinajstić information content (AvgIpc) is 0.925. The molecule has 8 nitrogen and oxygen atoms in total. The van der Waals surface area contributed by atoms with E-state index in [1.165, 1.54) is 44.2 Å². The van der Waals surface area contributed by atoms with E-state index in [1.807, 2.05) is 177 Å². The normalized spacial score (nSPS) is 10.3. The zero-order chi connectivity index (χ0) is 68.8. The van der Waals surface area contributed by atoms with Crippen LogP contribution in [0.3, 0.4) is 0 Å². The molecule has 0 fully saturated rings. The lowest BCUT2D eigenvalue weighted by Gasteiger charge is -2.24. The van der Waals surface area contributed by atoms with Gasteiger partial charge in [-0.2, -0.15) is 15.3 Å². The molecule has 0 aliphatic rings. The minimum Gasteiger partial charge on any atom is -0.400 e. The van der Waals surface area contributed by atoms with Gasteiger partial charge in [-0.05, 0) is 100 Å². The number of anilines is 2. The highest BCUT2D eigenvalue weighted by atomic mass is 79.9. The highest BCUT2D eigenvalue weighted by Crippen LogP contribution is 2.40. The minimum absolute atomic E-state index is 0.255. The molecule has 0 amide bonds. The predicted octanol–water partition coefficient (Wildman–Crippen LogP) is 23.0. The number of hydrazone groups is 3. The molecule has 12 aromatic carbocycles. The summed E-state index contributed by atoms with van der Waals surface area (Å²) in [6.07, 6.45) is 0.667. The average molecular weight is 1400 g/mol. The van der Waals surface area contributed by atoms with Crippen LogP contribution in [0.25, 0.3) is 32.7 Å². The van der Waals surface area contributed by atoms with Crippen LogP contribution < -0.4 is 16.7 Å². The number of aryl methyl sites for hydroxylation is 1. The maximum atomic E-state index is 9.81. The second-order valence-electron chi connectivity index (χ2n) is 23.5. The SMILES string of the molecule is Brc1cccc2c(Br)cccc12.CCC(C)=O.CO.Cc1ccccc1-c1c(C(C)C)cc(C(C)C)cc1C(C)C.NN=C(c1ccccc1)c1ccccc1.c1ccc(C(=NNc2cccc3c(NN=C(c4ccccc4)c4ccccc4)cccc23)c2ccccc2)cc1. The van der Waals surface area contributed by atoms with Crippen molar-refractivity contribution in [1.82, 2.24) is 0 Å². The number of nitrogens with two attached hydrogens (primary N) is 1. The number of hydrogen-bond acceptors (Lipinski definition) is 8. The Morgan fingerprint density at radius 2 is 0.698 bits per heavy atom. The van der Waals surface area contributed by atoms with Crippen molar-refractivity contribution in [2.45, 2.75) is 86.5 Å². The molecular weight excluding hydrogens is 1310 g/mol. The summed E-state index contributed by atoms with van der Waals surface area (Å²) in [7, 11) is 1.00. The van der Waals surface area contributed by atoms with Gasteiger partial charge < -0.3 is 15.7 Å². The second kappa shape index (κ2) is 38.5. The van der Waals surface area contributed by atoms with Crippen molar-refractivity contribution in [3.05, 3.63) is 356 Å². The molecule has 5 N–H and O–H groups in total. The van der Waals surface area contributed by atoms with Gasteiger partial charge in [0.1, 0.15) is 5.78 Å². The molecule has 0 saturated heterocycles. The highest BCUT2D eigenvalue weighted by Gasteiger charge is 2.20. The molecule has 0 aliphatic carbocycles. The largest absolute Gasteiger partial charge is 0.400 e. The summed E-state index contributed by atoms with van der Waals surface area (Å²) < 4.78 is 2.28. The number of rotatable bonds is 15. The van der Waals surface area contributed by atoms with Gasteiger partial charge in [-0.1, -0.05) is 347 Å². The molecule has 12 rings (SSSR count). The first-order valence-corrected chi connectivity index (χ1v) is 34.1. The molecule has 0 unspecified atom stereocenters. The Labute approximate surface area is 586 Å². The Balaban J connectivity index is 0.000000194. The molecule has 0 bridgehead atoms. The van der Waals surface area contributed by atoms with E-state index in [2.05, 4.69) is 218 Å². The van der Waals surface area contributed by atoms with Gasteiger partial charge >= 0.3 is 0 Å². The van der Waals surface area contributed by atoms with E-state index in [4.69, 9.17) is 21.2 Å². The lowest BCUT2D eigenvalue weighted by molar-refractivity contribution is -0.116. The Hall–Kier alpha value is -9.84. The number of ketones is 1. The Morgan fingerprint density at radius 1 is 0.406 bits per heavy atom. The van der Waals surface area contributed by atoms with Crippen LogP contribution in [0.1, 0.15) is 135 Å². The van der Waals surface area contributed by atoms with E-state index in [0.717, 1.165) is 88.7 Å². The molecule has 0 aliphatic heterocycles. The number of carbonyl (C=O) groups is 1. The predicted molar refractivity (Wildman–Crippen MR) is 418 cm³/mol. The number of aliphatic hydroxyl groups is 1. The van der Waals surface area contributed by atoms with Crippen molar-refractivity contribution < 1.29 is 9.90 Å². The Morgan fingerprint density at radius 3 is 0.990 bits per heavy atom. The summed E-state index contributed by atoms with van der Waals surface area (Å²) in [4.78, 5) is 9.81. The van der Waals surface area contributed by atoms with Crippen LogP contribution in [-0.2, 0) is 4.79 Å². The van der Waals surface area contributed by atoms with Crippen LogP contribution in [0.5, 0.6) is 0 Å². The standard InChI is InChI=1S/C36H28N4.C22H30.C13H12N2.C10H6Br2.C4H8O.CH4O/c1-5-15-27(16-6-1)35(28-17-7-2-8-18-28)39-37-33-25-13-24-32-31(33)23-14-26-34(32)38-40-36(29-19-9-3-10-20-29)30-21-11-4-12-22-30;1-14(2)18-12-20(15(3)4)22(21(13-18)16(5)6)19-11-9-8-10-17(19)7;14-15-13(11-7-3-1-4-8-11)12-9-5-2-6-10-12;11-9-5-1-3-7-8(9)4-2-6-10(7)12;1-3-4(2)5;1-2/h1-26,37-38H;8-16H,1-7H3;1-10H,14H2;1-6H;3H2,1-2H3;2H,1H3. The first-order valence-electron chi connectivity index (χ1n) is 32.5. The maximum Gasteiger partial charge on any atom is 0.129 e. The second-order valence-corrected chi connectivity index (χ2v) is 25.2. The van der Waals surface area contributed by atoms with Crippen LogP contribution in [-0.4, -0.2) is 35.1 Å². The number of halogens is 2. The van der Waals surface area contributed by atoms with E-state index >= 15 is 0 Å². The number of nitrogens with zero attached hydrogens (tertiary/aromatic N) is 3. The highest BCUT2D eigenvalue weighted by molar-refractivity contribution is 9.11. The van der Waals surface area contributed by atoms with Gasteiger partial charge in [0, 0.05) is 66.6 Å². The monoisotopic (exact) mass is 1390 g/mol. The summed E-state index contributed by atoms with van der Waals surface area (Å²) in [6.45, 7) is 19.5.